The van der Waals surface area contributed by atoms with Crippen LogP contribution in [-0.4, -0.2) is 81.8 Å². The van der Waals surface area contributed by atoms with Crippen LogP contribution in [0.25, 0.3) is 4.85 Å². The minimum atomic E-state index is -1.55. The summed E-state index contributed by atoms with van der Waals surface area (Å²) in [7, 11) is 0. The van der Waals surface area contributed by atoms with Gasteiger partial charge in [0.15, 0.2) is 0 Å². The Bertz CT molecular complexity index is 950. The van der Waals surface area contributed by atoms with Gasteiger partial charge in [-0.15, -0.1) is 0 Å². The Morgan fingerprint density at radius 1 is 0.973 bits per heavy atom. The van der Waals surface area contributed by atoms with E-state index in [0.717, 1.165) is 12.8 Å². The monoisotopic (exact) mass is 520 g/mol. The summed E-state index contributed by atoms with van der Waals surface area (Å²) in [6, 6.07) is -1.06. The fourth-order valence-electron chi connectivity index (χ4n) is 5.86. The lowest BCUT2D eigenvalue weighted by atomic mass is 9.74. The van der Waals surface area contributed by atoms with Gasteiger partial charge in [0.25, 0.3) is 6.57 Å². The van der Waals surface area contributed by atoms with E-state index >= 15 is 0 Å². The third-order valence-corrected chi connectivity index (χ3v) is 7.36. The second kappa shape index (κ2) is 10.4. The van der Waals surface area contributed by atoms with E-state index in [4.69, 9.17) is 21.8 Å². The average Bonchev–Trinajstić information content (AvgIpc) is 3.35. The predicted molar refractivity (Wildman–Crippen MR) is 137 cm³/mol. The van der Waals surface area contributed by atoms with E-state index in [2.05, 4.69) is 10.2 Å². The molecule has 4 atom stereocenters. The molecule has 37 heavy (non-hydrogen) atoms. The van der Waals surface area contributed by atoms with Gasteiger partial charge in [0, 0.05) is 18.6 Å². The third-order valence-electron chi connectivity index (χ3n) is 7.36. The first kappa shape index (κ1) is 28.5. The van der Waals surface area contributed by atoms with Gasteiger partial charge in [0.2, 0.25) is 5.91 Å². The van der Waals surface area contributed by atoms with E-state index in [1.807, 2.05) is 20.8 Å². The second-order valence-corrected chi connectivity index (χ2v) is 12.4. The molecule has 2 unspecified atom stereocenters. The van der Waals surface area contributed by atoms with Gasteiger partial charge in [0.1, 0.15) is 23.8 Å². The van der Waals surface area contributed by atoms with E-state index < -0.39 is 40.7 Å². The summed E-state index contributed by atoms with van der Waals surface area (Å²) < 4.78 is 11.0. The molecule has 3 N–H and O–H groups in total. The lowest BCUT2D eigenvalue weighted by molar-refractivity contribution is -0.142. The first-order chi connectivity index (χ1) is 17.1. The van der Waals surface area contributed by atoms with Crippen LogP contribution in [0.4, 0.5) is 9.59 Å². The largest absolute Gasteiger partial charge is 0.444 e. The van der Waals surface area contributed by atoms with E-state index in [9.17, 15) is 19.2 Å². The van der Waals surface area contributed by atoms with Crippen LogP contribution in [-0.2, 0) is 19.1 Å². The smallest absolute Gasteiger partial charge is 0.410 e. The summed E-state index contributed by atoms with van der Waals surface area (Å²) in [5.41, 5.74) is 2.68. The van der Waals surface area contributed by atoms with Crippen LogP contribution in [0.1, 0.15) is 80.1 Å². The minimum absolute atomic E-state index is 0.153. The standard InChI is InChI=1S/C26H41N5O6/c1-24(2,3)36-22(34)29-15-26(28-7,21(33)30-12-8-9-19(30)20(27)32)16-13-17-10-11-18(14-16)31(17)23(35)37-25(4,5)6/h7,16-19H,8-15H2,1-6H3,(H2-,27,29,32,34)/p+1/t16?,17?,18?,19-,26+/m0/s1. The van der Waals surface area contributed by atoms with Crippen molar-refractivity contribution in [1.29, 1.82) is 0 Å². The van der Waals surface area contributed by atoms with Crippen molar-refractivity contribution in [3.05, 3.63) is 4.85 Å². The molecule has 0 saturated carbocycles. The fourth-order valence-corrected chi connectivity index (χ4v) is 5.86. The number of likely N-dealkylation sites (tertiary alicyclic amines) is 1. The number of nitrogens with zero attached hydrogens (tertiary/aromatic N) is 3. The number of alkyl carbamates (subject to hydrolysis) is 1. The molecule has 3 fully saturated rings. The fraction of sp³-hybridized carbons (Fsp3) is 0.808. The number of ether oxygens (including phenoxy) is 2. The lowest BCUT2D eigenvalue weighted by Gasteiger charge is -2.42. The number of nitrogens with two attached hydrogens (primary N) is 1. The molecule has 11 heteroatoms. The second-order valence-electron chi connectivity index (χ2n) is 12.4. The molecule has 2 bridgehead atoms. The van der Waals surface area contributed by atoms with Crippen LogP contribution >= 0.6 is 0 Å². The van der Waals surface area contributed by atoms with Crippen LogP contribution in [0.3, 0.4) is 0 Å². The predicted octanol–water partition coefficient (Wildman–Crippen LogP) is 2.87. The van der Waals surface area contributed by atoms with E-state index in [1.165, 1.54) is 4.90 Å². The first-order valence-corrected chi connectivity index (χ1v) is 13.1. The molecular weight excluding hydrogens is 478 g/mol. The summed E-state index contributed by atoms with van der Waals surface area (Å²) in [5.74, 6) is -1.41. The Morgan fingerprint density at radius 2 is 1.54 bits per heavy atom. The van der Waals surface area contributed by atoms with Crippen molar-refractivity contribution in [2.45, 2.75) is 115 Å². The maximum Gasteiger partial charge on any atom is 0.410 e. The van der Waals surface area contributed by atoms with Crippen molar-refractivity contribution in [3.8, 4) is 6.57 Å². The number of piperidine rings is 1. The number of carbonyl (C=O) groups excluding carboxylic acids is 4. The van der Waals surface area contributed by atoms with Gasteiger partial charge in [-0.05, 0) is 80.1 Å². The van der Waals surface area contributed by atoms with E-state index in [0.29, 0.717) is 32.2 Å². The number of hydrogen-bond acceptors (Lipinski definition) is 6. The summed E-state index contributed by atoms with van der Waals surface area (Å²) in [6.07, 6.45) is 2.45. The zero-order valence-corrected chi connectivity index (χ0v) is 22.9. The van der Waals surface area contributed by atoms with Crippen molar-refractivity contribution >= 4 is 24.0 Å². The van der Waals surface area contributed by atoms with Crippen molar-refractivity contribution in [3.63, 3.8) is 0 Å². The van der Waals surface area contributed by atoms with Gasteiger partial charge in [-0.2, -0.15) is 0 Å². The molecule has 0 aliphatic carbocycles. The van der Waals surface area contributed by atoms with Gasteiger partial charge >= 0.3 is 23.6 Å². The Balaban J connectivity index is 1.90. The molecule has 3 aliphatic heterocycles. The maximum absolute atomic E-state index is 14.1. The van der Waals surface area contributed by atoms with Crippen molar-refractivity contribution in [2.75, 3.05) is 13.1 Å². The van der Waals surface area contributed by atoms with Crippen LogP contribution in [0.5, 0.6) is 0 Å². The van der Waals surface area contributed by atoms with Crippen LogP contribution in [0, 0.1) is 12.5 Å². The molecule has 206 valence electrons. The first-order valence-electron chi connectivity index (χ1n) is 13.1. The SMILES string of the molecule is C#[N+][C@@](CNC(=O)OC(C)(C)C)(C(=O)N1CCC[C@H]1C(N)=O)C1CC2CCC(C1)N2C(=O)OC(C)(C)C. The van der Waals surface area contributed by atoms with Gasteiger partial charge in [-0.3, -0.25) is 9.59 Å². The molecule has 11 nitrogen and oxygen atoms in total. The molecular formula is C26H42N5O6+. The molecule has 0 spiro atoms. The van der Waals surface area contributed by atoms with E-state index in [-0.39, 0.29) is 30.6 Å². The summed E-state index contributed by atoms with van der Waals surface area (Å²) in [6.45, 7) is 16.8. The Labute approximate surface area is 219 Å². The highest BCUT2D eigenvalue weighted by Gasteiger charge is 2.63. The highest BCUT2D eigenvalue weighted by Crippen LogP contribution is 2.45. The topological polar surface area (TPSA) is 136 Å². The molecule has 3 aliphatic rings. The third kappa shape index (κ3) is 6.28. The molecule has 0 aromatic heterocycles. The Hall–Kier alpha value is -3.03. The molecule has 0 radical (unpaired) electrons. The highest BCUT2D eigenvalue weighted by atomic mass is 16.6. The number of carbonyl (C=O) groups is 4. The Morgan fingerprint density at radius 3 is 2.03 bits per heavy atom. The molecule has 3 heterocycles. The molecule has 0 aromatic carbocycles. The normalized spacial score (nSPS) is 27.2. The molecule has 4 amide bonds. The number of primary amides is 1. The number of fused-ring (bicyclic) bond motifs is 2. The zero-order valence-electron chi connectivity index (χ0n) is 22.9. The van der Waals surface area contributed by atoms with Gasteiger partial charge in [-0.25, -0.2) is 9.59 Å². The van der Waals surface area contributed by atoms with Gasteiger partial charge in [-0.1, -0.05) is 4.85 Å². The zero-order chi connectivity index (χ0) is 27.8. The maximum atomic E-state index is 14.1. The van der Waals surface area contributed by atoms with Gasteiger partial charge < -0.3 is 30.3 Å². The summed E-state index contributed by atoms with van der Waals surface area (Å²) in [5, 5.41) is 2.69. The quantitative estimate of drug-likeness (QED) is 0.572. The molecule has 0 aromatic rings. The van der Waals surface area contributed by atoms with Crippen LogP contribution in [0.15, 0.2) is 0 Å². The summed E-state index contributed by atoms with van der Waals surface area (Å²) >= 11 is 0. The highest BCUT2D eigenvalue weighted by molar-refractivity contribution is 5.94. The van der Waals surface area contributed by atoms with Crippen molar-refractivity contribution in [2.24, 2.45) is 11.7 Å². The van der Waals surface area contributed by atoms with Gasteiger partial charge in [0.05, 0.1) is 5.92 Å². The Kier molecular flexibility index (Phi) is 8.01. The number of rotatable bonds is 5. The average molecular weight is 521 g/mol. The number of nitrogens with one attached hydrogen (secondary N) is 1. The number of hydrogen-bond donors (Lipinski definition) is 2. The van der Waals surface area contributed by atoms with Crippen molar-refractivity contribution < 1.29 is 28.7 Å². The number of amides is 4. The minimum Gasteiger partial charge on any atom is -0.444 e. The summed E-state index contributed by atoms with van der Waals surface area (Å²) in [4.78, 5) is 59.1. The van der Waals surface area contributed by atoms with E-state index in [1.54, 1.807) is 25.7 Å². The van der Waals surface area contributed by atoms with Crippen LogP contribution in [0.2, 0.25) is 0 Å². The lowest BCUT2D eigenvalue weighted by Crippen LogP contribution is -2.62. The molecule has 3 rings (SSSR count). The van der Waals surface area contributed by atoms with Crippen LogP contribution < -0.4 is 11.1 Å². The van der Waals surface area contributed by atoms with Crippen molar-refractivity contribution in [1.82, 2.24) is 15.1 Å². The molecule has 3 saturated heterocycles.